The Balaban J connectivity index is 1.65. The van der Waals surface area contributed by atoms with Crippen LogP contribution in [0.1, 0.15) is 18.5 Å². The SMILES string of the molecule is COC(=O)C1(NC(=O)Cc2csc(-c3cccc(Br)c3)n2)CC1. The second-order valence-corrected chi connectivity index (χ2v) is 7.23. The van der Waals surface area contributed by atoms with Crippen LogP contribution in [0.5, 0.6) is 0 Å². The van der Waals surface area contributed by atoms with Gasteiger partial charge < -0.3 is 10.1 Å². The van der Waals surface area contributed by atoms with E-state index < -0.39 is 5.54 Å². The lowest BCUT2D eigenvalue weighted by atomic mass is 10.2. The van der Waals surface area contributed by atoms with Gasteiger partial charge in [-0.3, -0.25) is 4.79 Å². The van der Waals surface area contributed by atoms with Crippen molar-refractivity contribution in [1.29, 1.82) is 0 Å². The quantitative estimate of drug-likeness (QED) is 0.791. The molecule has 0 aliphatic heterocycles. The number of hydrogen-bond donors (Lipinski definition) is 1. The van der Waals surface area contributed by atoms with E-state index in [9.17, 15) is 9.59 Å². The van der Waals surface area contributed by atoms with Gasteiger partial charge in [0.15, 0.2) is 0 Å². The van der Waals surface area contributed by atoms with E-state index in [1.54, 1.807) is 0 Å². The van der Waals surface area contributed by atoms with Gasteiger partial charge in [0.05, 0.1) is 19.2 Å². The number of aromatic nitrogens is 1. The highest BCUT2D eigenvalue weighted by atomic mass is 79.9. The Kier molecular flexibility index (Phi) is 4.50. The highest BCUT2D eigenvalue weighted by Gasteiger charge is 2.52. The molecule has 5 nitrogen and oxygen atoms in total. The number of amides is 1. The van der Waals surface area contributed by atoms with Crippen molar-refractivity contribution in [2.45, 2.75) is 24.8 Å². The van der Waals surface area contributed by atoms with E-state index in [2.05, 4.69) is 26.2 Å². The maximum atomic E-state index is 12.1. The van der Waals surface area contributed by atoms with Crippen LogP contribution < -0.4 is 5.32 Å². The highest BCUT2D eigenvalue weighted by molar-refractivity contribution is 9.10. The predicted molar refractivity (Wildman–Crippen MR) is 91.1 cm³/mol. The monoisotopic (exact) mass is 394 g/mol. The minimum atomic E-state index is -0.811. The van der Waals surface area contributed by atoms with Gasteiger partial charge in [-0.15, -0.1) is 11.3 Å². The van der Waals surface area contributed by atoms with Gasteiger partial charge in [0, 0.05) is 15.4 Å². The molecule has 0 saturated heterocycles. The van der Waals surface area contributed by atoms with Crippen LogP contribution >= 0.6 is 27.3 Å². The molecular formula is C16H15BrN2O3S. The van der Waals surface area contributed by atoms with Crippen molar-refractivity contribution < 1.29 is 14.3 Å². The van der Waals surface area contributed by atoms with E-state index >= 15 is 0 Å². The van der Waals surface area contributed by atoms with Gasteiger partial charge in [0.25, 0.3) is 0 Å². The topological polar surface area (TPSA) is 68.3 Å². The van der Waals surface area contributed by atoms with Crippen molar-refractivity contribution in [1.82, 2.24) is 10.3 Å². The zero-order valence-corrected chi connectivity index (χ0v) is 14.9. The van der Waals surface area contributed by atoms with Crippen molar-refractivity contribution >= 4 is 39.1 Å². The molecule has 7 heteroatoms. The summed E-state index contributed by atoms with van der Waals surface area (Å²) in [6.07, 6.45) is 1.42. The lowest BCUT2D eigenvalue weighted by Crippen LogP contribution is -2.44. The number of hydrogen-bond acceptors (Lipinski definition) is 5. The van der Waals surface area contributed by atoms with Crippen LogP contribution in [0.15, 0.2) is 34.1 Å². The smallest absolute Gasteiger partial charge is 0.331 e. The summed E-state index contributed by atoms with van der Waals surface area (Å²) in [4.78, 5) is 28.3. The normalized spacial score (nSPS) is 15.0. The molecule has 0 unspecified atom stereocenters. The molecule has 3 rings (SSSR count). The fourth-order valence-electron chi connectivity index (χ4n) is 2.32. The summed E-state index contributed by atoms with van der Waals surface area (Å²) in [7, 11) is 1.33. The van der Waals surface area contributed by atoms with Crippen LogP contribution in [0.2, 0.25) is 0 Å². The molecule has 23 heavy (non-hydrogen) atoms. The minimum absolute atomic E-state index is 0.156. The number of carbonyl (C=O) groups excluding carboxylic acids is 2. The number of halogens is 1. The van der Waals surface area contributed by atoms with Gasteiger partial charge >= 0.3 is 5.97 Å². The van der Waals surface area contributed by atoms with E-state index in [0.717, 1.165) is 15.0 Å². The molecule has 1 aromatic heterocycles. The van der Waals surface area contributed by atoms with E-state index in [0.29, 0.717) is 18.5 Å². The molecule has 1 heterocycles. The zero-order chi connectivity index (χ0) is 16.4. The summed E-state index contributed by atoms with van der Waals surface area (Å²) in [6, 6.07) is 7.86. The molecule has 1 saturated carbocycles. The average molecular weight is 395 g/mol. The van der Waals surface area contributed by atoms with Crippen LogP contribution in [-0.2, 0) is 20.7 Å². The first-order valence-corrected chi connectivity index (χ1v) is 8.79. The molecule has 0 bridgehead atoms. The maximum absolute atomic E-state index is 12.1. The Morgan fingerprint density at radius 2 is 2.22 bits per heavy atom. The third-order valence-corrected chi connectivity index (χ3v) is 5.10. The van der Waals surface area contributed by atoms with Crippen LogP contribution in [0.3, 0.4) is 0 Å². The van der Waals surface area contributed by atoms with Gasteiger partial charge in [-0.05, 0) is 25.0 Å². The lowest BCUT2D eigenvalue weighted by molar-refractivity contribution is -0.146. The third-order valence-electron chi connectivity index (χ3n) is 3.67. The van der Waals surface area contributed by atoms with Gasteiger partial charge in [0.1, 0.15) is 10.5 Å². The molecule has 120 valence electrons. The summed E-state index contributed by atoms with van der Waals surface area (Å²) in [6.45, 7) is 0. The molecule has 1 aliphatic rings. The van der Waals surface area contributed by atoms with Crippen LogP contribution in [-0.4, -0.2) is 29.5 Å². The molecule has 0 atom stereocenters. The van der Waals surface area contributed by atoms with Gasteiger partial charge in [-0.25, -0.2) is 9.78 Å². The molecule has 1 fully saturated rings. The molecule has 1 amide bonds. The fraction of sp³-hybridized carbons (Fsp3) is 0.312. The first-order valence-electron chi connectivity index (χ1n) is 7.12. The first-order chi connectivity index (χ1) is 11.0. The number of ether oxygens (including phenoxy) is 1. The molecule has 1 aromatic carbocycles. The van der Waals surface area contributed by atoms with Gasteiger partial charge in [-0.1, -0.05) is 28.1 Å². The molecule has 0 spiro atoms. The van der Waals surface area contributed by atoms with Crippen LogP contribution in [0.4, 0.5) is 0 Å². The first kappa shape index (κ1) is 16.1. The number of nitrogens with zero attached hydrogens (tertiary/aromatic N) is 1. The Hall–Kier alpha value is -1.73. The van der Waals surface area contributed by atoms with E-state index in [4.69, 9.17) is 4.74 Å². The fourth-order valence-corrected chi connectivity index (χ4v) is 3.53. The minimum Gasteiger partial charge on any atom is -0.467 e. The number of benzene rings is 1. The molecule has 1 N–H and O–H groups in total. The van der Waals surface area contributed by atoms with Gasteiger partial charge in [0.2, 0.25) is 5.91 Å². The van der Waals surface area contributed by atoms with Crippen LogP contribution in [0.25, 0.3) is 10.6 Å². The van der Waals surface area contributed by atoms with Crippen LogP contribution in [0, 0.1) is 0 Å². The van der Waals surface area contributed by atoms with E-state index in [1.165, 1.54) is 18.4 Å². The second kappa shape index (κ2) is 6.41. The number of carbonyl (C=O) groups is 2. The van der Waals surface area contributed by atoms with Crippen molar-refractivity contribution in [2.24, 2.45) is 0 Å². The number of nitrogens with one attached hydrogen (secondary N) is 1. The summed E-state index contributed by atoms with van der Waals surface area (Å²) in [5.41, 5.74) is 0.891. The Labute approximate surface area is 146 Å². The van der Waals surface area contributed by atoms with Gasteiger partial charge in [-0.2, -0.15) is 0 Å². The molecular weight excluding hydrogens is 380 g/mol. The second-order valence-electron chi connectivity index (χ2n) is 5.45. The number of rotatable bonds is 5. The van der Waals surface area contributed by atoms with Crippen molar-refractivity contribution in [3.05, 3.63) is 39.8 Å². The molecule has 2 aromatic rings. The number of esters is 1. The highest BCUT2D eigenvalue weighted by Crippen LogP contribution is 2.36. The summed E-state index contributed by atoms with van der Waals surface area (Å²) in [5, 5.41) is 5.50. The summed E-state index contributed by atoms with van der Waals surface area (Å²) in [5.74, 6) is -0.585. The van der Waals surface area contributed by atoms with Crippen molar-refractivity contribution in [3.8, 4) is 10.6 Å². The molecule has 0 radical (unpaired) electrons. The van der Waals surface area contributed by atoms with E-state index in [-0.39, 0.29) is 18.3 Å². The Morgan fingerprint density at radius 3 is 2.87 bits per heavy atom. The van der Waals surface area contributed by atoms with Crippen molar-refractivity contribution in [2.75, 3.05) is 7.11 Å². The number of thiazole rings is 1. The predicted octanol–water partition coefficient (Wildman–Crippen LogP) is 2.94. The zero-order valence-electron chi connectivity index (χ0n) is 12.5. The largest absolute Gasteiger partial charge is 0.467 e. The third kappa shape index (κ3) is 3.61. The Bertz CT molecular complexity index is 755. The maximum Gasteiger partial charge on any atom is 0.331 e. The number of methoxy groups -OCH3 is 1. The Morgan fingerprint density at radius 1 is 1.43 bits per heavy atom. The standard InChI is InChI=1S/C16H15BrN2O3S/c1-22-15(21)16(5-6-16)19-13(20)8-12-9-23-14(18-12)10-3-2-4-11(17)7-10/h2-4,7,9H,5-6,8H2,1H3,(H,19,20). The average Bonchev–Trinajstić information content (AvgIpc) is 3.15. The summed E-state index contributed by atoms with van der Waals surface area (Å²) < 4.78 is 5.71. The van der Waals surface area contributed by atoms with E-state index in [1.807, 2.05) is 29.6 Å². The lowest BCUT2D eigenvalue weighted by Gasteiger charge is -2.14. The molecule has 1 aliphatic carbocycles. The van der Waals surface area contributed by atoms with Crippen molar-refractivity contribution in [3.63, 3.8) is 0 Å². The summed E-state index contributed by atoms with van der Waals surface area (Å²) >= 11 is 4.93.